The van der Waals surface area contributed by atoms with Crippen LogP contribution < -0.4 is 0 Å². The highest BCUT2D eigenvalue weighted by Crippen LogP contribution is 2.51. The molecule has 0 saturated heterocycles. The summed E-state index contributed by atoms with van der Waals surface area (Å²) in [6.45, 7) is 6.19. The predicted octanol–water partition coefficient (Wildman–Crippen LogP) is 4.36. The van der Waals surface area contributed by atoms with Gasteiger partial charge in [0.25, 0.3) is 0 Å². The van der Waals surface area contributed by atoms with E-state index in [1.54, 1.807) is 0 Å². The first-order valence-corrected chi connectivity index (χ1v) is 9.79. The summed E-state index contributed by atoms with van der Waals surface area (Å²) in [6.07, 6.45) is 0. The molecule has 1 unspecified atom stereocenters. The number of carbonyl (C=O) groups excluding carboxylic acids is 2. The molecule has 1 aliphatic heterocycles. The van der Waals surface area contributed by atoms with Crippen LogP contribution in [-0.4, -0.2) is 31.0 Å². The van der Waals surface area contributed by atoms with Gasteiger partial charge in [-0.2, -0.15) is 0 Å². The zero-order valence-corrected chi connectivity index (χ0v) is 16.9. The average Bonchev–Trinajstić information content (AvgIpc) is 2.66. The first-order chi connectivity index (χ1) is 12.9. The summed E-state index contributed by atoms with van der Waals surface area (Å²) < 4.78 is 9.87. The third-order valence-electron chi connectivity index (χ3n) is 4.45. The molecule has 1 aliphatic rings. The maximum atomic E-state index is 12.5. The van der Waals surface area contributed by atoms with Crippen molar-refractivity contribution in [3.8, 4) is 0 Å². The van der Waals surface area contributed by atoms with E-state index in [1.807, 2.05) is 43.3 Å². The normalized spacial score (nSPS) is 14.7. The van der Waals surface area contributed by atoms with Crippen molar-refractivity contribution in [3.05, 3.63) is 64.7 Å². The van der Waals surface area contributed by atoms with Gasteiger partial charge in [-0.05, 0) is 49.6 Å². The summed E-state index contributed by atoms with van der Waals surface area (Å²) in [5, 5.41) is 0. The zero-order valence-electron chi connectivity index (χ0n) is 16.1. The van der Waals surface area contributed by atoms with Crippen LogP contribution in [0.2, 0.25) is 0 Å². The van der Waals surface area contributed by atoms with E-state index >= 15 is 0 Å². The van der Waals surface area contributed by atoms with E-state index < -0.39 is 22.4 Å². The number of fused-ring (bicyclic) bond motifs is 2. The Balaban J connectivity index is 2.53. The Morgan fingerprint density at radius 2 is 1.44 bits per heavy atom. The minimum absolute atomic E-state index is 0.0189. The number of esters is 2. The molecule has 5 heteroatoms. The molecule has 0 amide bonds. The molecule has 1 heterocycles. The van der Waals surface area contributed by atoms with Gasteiger partial charge in [0.05, 0.1) is 14.2 Å². The number of aryl methyl sites for hydroxylation is 1. The number of hydrogen-bond donors (Lipinski definition) is 0. The van der Waals surface area contributed by atoms with Crippen LogP contribution in [0.5, 0.6) is 0 Å². The maximum Gasteiger partial charge on any atom is 0.351 e. The summed E-state index contributed by atoms with van der Waals surface area (Å²) in [5.41, 5.74) is 5.51. The molecule has 140 valence electrons. The summed E-state index contributed by atoms with van der Waals surface area (Å²) in [5.74, 6) is -1.32. The van der Waals surface area contributed by atoms with Gasteiger partial charge in [-0.1, -0.05) is 41.5 Å². The van der Waals surface area contributed by atoms with Crippen LogP contribution in [0.25, 0.3) is 5.57 Å². The fraction of sp³-hybridized carbons (Fsp3) is 0.227. The van der Waals surface area contributed by atoms with Crippen molar-refractivity contribution in [1.82, 2.24) is 0 Å². The number of methoxy groups -OCH3 is 2. The second-order valence-electron chi connectivity index (χ2n) is 6.49. The predicted molar refractivity (Wildman–Crippen MR) is 108 cm³/mol. The lowest BCUT2D eigenvalue weighted by atomic mass is 9.92. The van der Waals surface area contributed by atoms with Crippen LogP contribution in [0, 0.1) is 6.92 Å². The first kappa shape index (κ1) is 19.1. The Labute approximate surface area is 161 Å². The lowest BCUT2D eigenvalue weighted by Gasteiger charge is -2.28. The van der Waals surface area contributed by atoms with E-state index in [9.17, 15) is 9.59 Å². The van der Waals surface area contributed by atoms with Crippen molar-refractivity contribution in [1.29, 1.82) is 0 Å². The van der Waals surface area contributed by atoms with Crippen molar-refractivity contribution in [3.63, 3.8) is 0 Å². The SMILES string of the molecule is COC(=O)C(C(=O)OC)=S1c2ccccc2C(=C(C)C)c2cc(C)ccc21. The molecule has 0 fully saturated rings. The van der Waals surface area contributed by atoms with Crippen LogP contribution in [0.4, 0.5) is 0 Å². The van der Waals surface area contributed by atoms with Crippen molar-refractivity contribution in [2.75, 3.05) is 14.2 Å². The highest BCUT2D eigenvalue weighted by molar-refractivity contribution is 8.18. The Hall–Kier alpha value is -2.66. The average molecular weight is 382 g/mol. The molecule has 0 N–H and O–H groups in total. The van der Waals surface area contributed by atoms with Gasteiger partial charge in [0.15, 0.2) is 4.86 Å². The summed E-state index contributed by atoms with van der Waals surface area (Å²) in [4.78, 5) is 27.0. The van der Waals surface area contributed by atoms with Gasteiger partial charge in [-0.3, -0.25) is 0 Å². The highest BCUT2D eigenvalue weighted by atomic mass is 32.2. The van der Waals surface area contributed by atoms with Crippen molar-refractivity contribution >= 4 is 32.9 Å². The molecule has 1 atom stereocenters. The standard InChI is InChI=1S/C22H22O4S/c1-13(2)19-15-8-6-7-9-17(15)27(18-11-10-14(3)12-16(18)19)20(21(23)25-4)22(24)26-5/h6-12H,1-5H3. The molecule has 27 heavy (non-hydrogen) atoms. The minimum Gasteiger partial charge on any atom is -0.465 e. The Kier molecular flexibility index (Phi) is 5.33. The number of carbonyl (C=O) groups is 2. The lowest BCUT2D eigenvalue weighted by molar-refractivity contribution is -0.137. The van der Waals surface area contributed by atoms with E-state index in [1.165, 1.54) is 19.8 Å². The fourth-order valence-electron chi connectivity index (χ4n) is 3.33. The van der Waals surface area contributed by atoms with Crippen molar-refractivity contribution in [2.45, 2.75) is 30.6 Å². The second-order valence-corrected chi connectivity index (χ2v) is 8.39. The fourth-order valence-corrected chi connectivity index (χ4v) is 5.69. The van der Waals surface area contributed by atoms with Crippen LogP contribution in [0.15, 0.2) is 57.8 Å². The largest absolute Gasteiger partial charge is 0.465 e. The number of rotatable bonds is 2. The van der Waals surface area contributed by atoms with Gasteiger partial charge in [0, 0.05) is 9.79 Å². The third kappa shape index (κ3) is 3.23. The minimum atomic E-state index is -0.904. The van der Waals surface area contributed by atoms with Gasteiger partial charge < -0.3 is 9.47 Å². The number of allylic oxidation sites excluding steroid dienone is 1. The molecule has 0 aromatic heterocycles. The van der Waals surface area contributed by atoms with Gasteiger partial charge in [-0.25, -0.2) is 9.59 Å². The summed E-state index contributed by atoms with van der Waals surface area (Å²) >= 11 is 0. The number of hydrogen-bond acceptors (Lipinski definition) is 4. The third-order valence-corrected chi connectivity index (χ3v) is 6.78. The molecule has 0 saturated carbocycles. The monoisotopic (exact) mass is 382 g/mol. The molecule has 0 bridgehead atoms. The van der Waals surface area contributed by atoms with E-state index in [0.29, 0.717) is 0 Å². The number of benzene rings is 2. The van der Waals surface area contributed by atoms with Gasteiger partial charge >= 0.3 is 11.9 Å². The van der Waals surface area contributed by atoms with E-state index in [-0.39, 0.29) is 4.86 Å². The molecular formula is C22H22O4S. The van der Waals surface area contributed by atoms with Crippen LogP contribution >= 0.6 is 10.5 Å². The molecule has 4 nitrogen and oxygen atoms in total. The smallest absolute Gasteiger partial charge is 0.351 e. The van der Waals surface area contributed by atoms with Crippen molar-refractivity contribution < 1.29 is 19.1 Å². The topological polar surface area (TPSA) is 52.6 Å². The van der Waals surface area contributed by atoms with Gasteiger partial charge in [0.1, 0.15) is 0 Å². The lowest BCUT2D eigenvalue weighted by Crippen LogP contribution is -2.27. The molecular weight excluding hydrogens is 360 g/mol. The van der Waals surface area contributed by atoms with Crippen molar-refractivity contribution in [2.24, 2.45) is 0 Å². The number of ether oxygens (including phenoxy) is 2. The molecule has 3 rings (SSSR count). The zero-order chi connectivity index (χ0) is 19.7. The Morgan fingerprint density at radius 1 is 0.852 bits per heavy atom. The quantitative estimate of drug-likeness (QED) is 0.375. The van der Waals surface area contributed by atoms with Crippen LogP contribution in [0.3, 0.4) is 0 Å². The summed E-state index contributed by atoms with van der Waals surface area (Å²) in [6, 6.07) is 14.0. The molecule has 0 radical (unpaired) electrons. The van der Waals surface area contributed by atoms with E-state index in [4.69, 9.17) is 9.47 Å². The summed E-state index contributed by atoms with van der Waals surface area (Å²) in [7, 11) is 1.66. The highest BCUT2D eigenvalue weighted by Gasteiger charge is 2.32. The van der Waals surface area contributed by atoms with E-state index in [0.717, 1.165) is 32.1 Å². The van der Waals surface area contributed by atoms with E-state index in [2.05, 4.69) is 19.9 Å². The molecule has 0 aliphatic carbocycles. The Morgan fingerprint density at radius 3 is 2.04 bits per heavy atom. The van der Waals surface area contributed by atoms with Gasteiger partial charge in [0.2, 0.25) is 0 Å². The maximum absolute atomic E-state index is 12.5. The second kappa shape index (κ2) is 7.53. The molecule has 0 spiro atoms. The molecule has 2 aromatic rings. The first-order valence-electron chi connectivity index (χ1n) is 8.56. The Bertz CT molecular complexity index is 993. The van der Waals surface area contributed by atoms with Crippen LogP contribution in [-0.2, 0) is 19.1 Å². The van der Waals surface area contributed by atoms with Crippen LogP contribution in [0.1, 0.15) is 30.5 Å². The van der Waals surface area contributed by atoms with Gasteiger partial charge in [-0.15, -0.1) is 10.5 Å². The molecule has 2 aromatic carbocycles.